The lowest BCUT2D eigenvalue weighted by atomic mass is 10.1. The Morgan fingerprint density at radius 2 is 1.79 bits per heavy atom. The van der Waals surface area contributed by atoms with E-state index in [4.69, 9.17) is 13.9 Å². The van der Waals surface area contributed by atoms with E-state index >= 15 is 0 Å². The van der Waals surface area contributed by atoms with Crippen molar-refractivity contribution >= 4 is 11.8 Å². The molecule has 1 aliphatic heterocycles. The number of aromatic nitrogens is 1. The third-order valence-electron chi connectivity index (χ3n) is 5.17. The summed E-state index contributed by atoms with van der Waals surface area (Å²) >= 11 is 0. The third-order valence-corrected chi connectivity index (χ3v) is 5.17. The summed E-state index contributed by atoms with van der Waals surface area (Å²) in [5, 5.41) is 5.30. The summed E-state index contributed by atoms with van der Waals surface area (Å²) in [6, 6.07) is 10.9. The summed E-state index contributed by atoms with van der Waals surface area (Å²) in [6.45, 7) is 6.18. The summed E-state index contributed by atoms with van der Waals surface area (Å²) in [6.07, 6.45) is 3.90. The number of amides is 2. The Kier molecular flexibility index (Phi) is 6.82. The Morgan fingerprint density at radius 1 is 1.09 bits per heavy atom. The zero-order valence-electron chi connectivity index (χ0n) is 18.7. The van der Waals surface area contributed by atoms with Gasteiger partial charge in [0.25, 0.3) is 11.8 Å². The molecule has 34 heavy (non-hydrogen) atoms. The lowest BCUT2D eigenvalue weighted by Crippen LogP contribution is -2.42. The van der Waals surface area contributed by atoms with Crippen molar-refractivity contribution in [2.24, 2.45) is 0 Å². The van der Waals surface area contributed by atoms with E-state index in [-0.39, 0.29) is 37.4 Å². The second-order valence-electron chi connectivity index (χ2n) is 7.81. The van der Waals surface area contributed by atoms with Crippen LogP contribution < -0.4 is 25.5 Å². The molecule has 9 heteroatoms. The van der Waals surface area contributed by atoms with Crippen molar-refractivity contribution in [3.63, 3.8) is 0 Å². The number of hydrogen-bond donors (Lipinski definition) is 2. The summed E-state index contributed by atoms with van der Waals surface area (Å²) in [5.41, 5.74) is -0.979. The van der Waals surface area contributed by atoms with E-state index in [1.807, 2.05) is 25.1 Å². The van der Waals surface area contributed by atoms with E-state index in [9.17, 15) is 14.4 Å². The van der Waals surface area contributed by atoms with Gasteiger partial charge in [-0.25, -0.2) is 0 Å². The molecule has 1 unspecified atom stereocenters. The number of nitrogens with one attached hydrogen (secondary N) is 2. The quantitative estimate of drug-likeness (QED) is 0.496. The number of furan rings is 1. The number of aryl methyl sites for hydroxylation is 1. The van der Waals surface area contributed by atoms with Gasteiger partial charge in [0.05, 0.1) is 13.1 Å². The van der Waals surface area contributed by atoms with Crippen molar-refractivity contribution in [2.75, 3.05) is 19.7 Å². The van der Waals surface area contributed by atoms with Crippen LogP contribution in [0.2, 0.25) is 0 Å². The molecule has 9 nitrogen and oxygen atoms in total. The molecule has 2 aromatic heterocycles. The topological polar surface area (TPSA) is 112 Å². The summed E-state index contributed by atoms with van der Waals surface area (Å²) < 4.78 is 18.7. The van der Waals surface area contributed by atoms with Gasteiger partial charge in [-0.05, 0) is 31.2 Å². The highest BCUT2D eigenvalue weighted by molar-refractivity contribution is 5.99. The number of nitrogens with zero attached hydrogens (tertiary/aromatic N) is 1. The minimum Gasteiger partial charge on any atom is -0.486 e. The molecule has 0 fully saturated rings. The Hall–Kier alpha value is -4.27. The Balaban J connectivity index is 1.54. The van der Waals surface area contributed by atoms with Gasteiger partial charge in [-0.2, -0.15) is 0 Å². The average molecular weight is 463 g/mol. The van der Waals surface area contributed by atoms with Crippen LogP contribution >= 0.6 is 0 Å². The van der Waals surface area contributed by atoms with E-state index in [1.165, 1.54) is 18.5 Å². The first kappa shape index (κ1) is 22.9. The molecule has 0 saturated carbocycles. The van der Waals surface area contributed by atoms with Crippen LogP contribution in [0.15, 0.2) is 70.7 Å². The van der Waals surface area contributed by atoms with Crippen molar-refractivity contribution in [1.29, 1.82) is 0 Å². The largest absolute Gasteiger partial charge is 0.486 e. The van der Waals surface area contributed by atoms with E-state index < -0.39 is 23.3 Å². The van der Waals surface area contributed by atoms with Gasteiger partial charge in [-0.1, -0.05) is 18.2 Å². The third kappa shape index (κ3) is 5.20. The fourth-order valence-electron chi connectivity index (χ4n) is 3.52. The van der Waals surface area contributed by atoms with E-state index in [1.54, 1.807) is 22.8 Å². The first-order chi connectivity index (χ1) is 16.4. The van der Waals surface area contributed by atoms with Crippen LogP contribution in [0.4, 0.5) is 0 Å². The number of rotatable bonds is 8. The number of benzene rings is 1. The van der Waals surface area contributed by atoms with Crippen molar-refractivity contribution < 1.29 is 23.5 Å². The standard InChI is InChI=1S/C25H25N3O6/c1-3-10-26-24(30)19-13-28(12-17-9-8-16(2)33-17)14-20(23(19)29)25(31)27-11-18-15-32-21-6-4-5-7-22(21)34-18/h3-9,13-14,18H,1,10-12,15H2,2H3,(H,26,30)(H,27,31). The Labute approximate surface area is 196 Å². The van der Waals surface area contributed by atoms with Crippen LogP contribution in [0.3, 0.4) is 0 Å². The number of pyridine rings is 1. The van der Waals surface area contributed by atoms with Crippen molar-refractivity contribution in [3.8, 4) is 11.5 Å². The van der Waals surface area contributed by atoms with E-state index in [0.717, 1.165) is 5.76 Å². The van der Waals surface area contributed by atoms with Gasteiger partial charge in [0, 0.05) is 18.9 Å². The fraction of sp³-hybridized carbons (Fsp3) is 0.240. The van der Waals surface area contributed by atoms with Gasteiger partial charge >= 0.3 is 0 Å². The van der Waals surface area contributed by atoms with E-state index in [2.05, 4.69) is 17.2 Å². The normalized spacial score (nSPS) is 14.3. The fourth-order valence-corrected chi connectivity index (χ4v) is 3.52. The highest BCUT2D eigenvalue weighted by Crippen LogP contribution is 2.30. The molecular weight excluding hydrogens is 438 g/mol. The molecule has 3 aromatic rings. The van der Waals surface area contributed by atoms with Gasteiger partial charge in [-0.15, -0.1) is 6.58 Å². The number of ether oxygens (including phenoxy) is 2. The molecule has 2 N–H and O–H groups in total. The highest BCUT2D eigenvalue weighted by atomic mass is 16.6. The maximum absolute atomic E-state index is 13.0. The summed E-state index contributed by atoms with van der Waals surface area (Å²) in [7, 11) is 0. The smallest absolute Gasteiger partial charge is 0.257 e. The predicted molar refractivity (Wildman–Crippen MR) is 124 cm³/mol. The molecule has 0 radical (unpaired) electrons. The van der Waals surface area contributed by atoms with E-state index in [0.29, 0.717) is 17.3 Å². The molecule has 2 amide bonds. The van der Waals surface area contributed by atoms with Crippen LogP contribution in [0.5, 0.6) is 11.5 Å². The van der Waals surface area contributed by atoms with Crippen molar-refractivity contribution in [2.45, 2.75) is 19.6 Å². The van der Waals surface area contributed by atoms with Gasteiger partial charge in [0.1, 0.15) is 35.4 Å². The highest BCUT2D eigenvalue weighted by Gasteiger charge is 2.23. The lowest BCUT2D eigenvalue weighted by molar-refractivity contribution is 0.0788. The molecule has 4 rings (SSSR count). The lowest BCUT2D eigenvalue weighted by Gasteiger charge is -2.26. The van der Waals surface area contributed by atoms with Gasteiger partial charge in [0.2, 0.25) is 5.43 Å². The van der Waals surface area contributed by atoms with Gasteiger partial charge in [-0.3, -0.25) is 14.4 Å². The molecule has 0 spiro atoms. The number of fused-ring (bicyclic) bond motifs is 1. The summed E-state index contributed by atoms with van der Waals surface area (Å²) in [5.74, 6) is 1.37. The number of hydrogen-bond acceptors (Lipinski definition) is 6. The molecule has 3 heterocycles. The van der Waals surface area contributed by atoms with Crippen molar-refractivity contribution in [1.82, 2.24) is 15.2 Å². The summed E-state index contributed by atoms with van der Waals surface area (Å²) in [4.78, 5) is 38.5. The van der Waals surface area contributed by atoms with Crippen LogP contribution in [-0.4, -0.2) is 42.2 Å². The SMILES string of the molecule is C=CCNC(=O)c1cn(Cc2ccc(C)o2)cc(C(=O)NCC2COc3ccccc3O2)c1=O. The molecule has 1 atom stereocenters. The second-order valence-corrected chi connectivity index (χ2v) is 7.81. The van der Waals surface area contributed by atoms with Crippen molar-refractivity contribution in [3.05, 3.63) is 94.3 Å². The monoisotopic (exact) mass is 463 g/mol. The maximum Gasteiger partial charge on any atom is 0.257 e. The predicted octanol–water partition coefficient (Wildman–Crippen LogP) is 2.28. The molecular formula is C25H25N3O6. The molecule has 176 valence electrons. The first-order valence-corrected chi connectivity index (χ1v) is 10.8. The first-order valence-electron chi connectivity index (χ1n) is 10.8. The minimum atomic E-state index is -0.669. The Morgan fingerprint density at radius 3 is 2.47 bits per heavy atom. The zero-order valence-corrected chi connectivity index (χ0v) is 18.7. The Bertz CT molecular complexity index is 1280. The van der Waals surface area contributed by atoms with Gasteiger partial charge in [0.15, 0.2) is 11.5 Å². The van der Waals surface area contributed by atoms with Gasteiger partial charge < -0.3 is 29.1 Å². The van der Waals surface area contributed by atoms with Crippen LogP contribution in [0.1, 0.15) is 32.2 Å². The molecule has 0 aliphatic carbocycles. The average Bonchev–Trinajstić information content (AvgIpc) is 3.26. The number of para-hydroxylation sites is 2. The molecule has 1 aliphatic rings. The molecule has 0 saturated heterocycles. The van der Waals surface area contributed by atoms with Crippen LogP contribution in [0.25, 0.3) is 0 Å². The number of carbonyl (C=O) groups is 2. The maximum atomic E-state index is 13.0. The molecule has 0 bridgehead atoms. The minimum absolute atomic E-state index is 0.122. The zero-order chi connectivity index (χ0) is 24.1. The molecule has 1 aromatic carbocycles. The van der Waals surface area contributed by atoms with Crippen LogP contribution in [0, 0.1) is 6.92 Å². The second kappa shape index (κ2) is 10.1. The number of carbonyl (C=O) groups excluding carboxylic acids is 2. The van der Waals surface area contributed by atoms with Crippen LogP contribution in [-0.2, 0) is 6.54 Å².